The van der Waals surface area contributed by atoms with Crippen LogP contribution in [0.2, 0.25) is 5.02 Å². The van der Waals surface area contributed by atoms with Crippen molar-refractivity contribution in [3.8, 4) is 29.1 Å². The number of carbonyl (C=O) groups excluding carboxylic acids is 2. The molecule has 1 heterocycles. The summed E-state index contributed by atoms with van der Waals surface area (Å²) in [7, 11) is 1.41. The Balaban J connectivity index is 1.51. The van der Waals surface area contributed by atoms with Crippen molar-refractivity contribution in [3.05, 3.63) is 82.4 Å². The number of nitrogens with zero attached hydrogens (tertiary/aromatic N) is 1. The molecule has 0 fully saturated rings. The fourth-order valence-corrected chi connectivity index (χ4v) is 3.49. The second-order valence-corrected chi connectivity index (χ2v) is 7.67. The van der Waals surface area contributed by atoms with E-state index >= 15 is 0 Å². The highest BCUT2D eigenvalue weighted by molar-refractivity contribution is 6.33. The SMILES string of the molecule is COc1cc(/C=C(\C#N)C(=O)Nc2ccc3c(c2)OCCO3)ccc1OC(=O)c1ccccc1Cl. The van der Waals surface area contributed by atoms with Crippen LogP contribution in [0.4, 0.5) is 5.69 Å². The van der Waals surface area contributed by atoms with Gasteiger partial charge in [-0.05, 0) is 48.0 Å². The van der Waals surface area contributed by atoms with E-state index < -0.39 is 11.9 Å². The molecule has 0 aromatic heterocycles. The lowest BCUT2D eigenvalue weighted by molar-refractivity contribution is -0.112. The second kappa shape index (κ2) is 10.6. The lowest BCUT2D eigenvalue weighted by Gasteiger charge is -2.18. The first kappa shape index (κ1) is 23.7. The molecule has 4 rings (SSSR count). The fourth-order valence-electron chi connectivity index (χ4n) is 3.27. The number of amides is 1. The van der Waals surface area contributed by atoms with Gasteiger partial charge in [-0.3, -0.25) is 4.79 Å². The summed E-state index contributed by atoms with van der Waals surface area (Å²) in [6.45, 7) is 0.876. The fraction of sp³-hybridized carbons (Fsp3) is 0.115. The van der Waals surface area contributed by atoms with E-state index in [1.54, 1.807) is 54.6 Å². The third-order valence-electron chi connectivity index (χ3n) is 4.96. The lowest BCUT2D eigenvalue weighted by atomic mass is 10.1. The topological polar surface area (TPSA) is 107 Å². The summed E-state index contributed by atoms with van der Waals surface area (Å²) in [5.41, 5.74) is 1.03. The van der Waals surface area contributed by atoms with Gasteiger partial charge in [-0.1, -0.05) is 29.8 Å². The summed E-state index contributed by atoms with van der Waals surface area (Å²) in [6, 6.07) is 18.0. The zero-order chi connectivity index (χ0) is 24.8. The molecule has 35 heavy (non-hydrogen) atoms. The average molecular weight is 491 g/mol. The molecule has 8 nitrogen and oxygen atoms in total. The molecule has 9 heteroatoms. The highest BCUT2D eigenvalue weighted by Gasteiger charge is 2.17. The normalized spacial score (nSPS) is 12.3. The molecular formula is C26H19ClN2O6. The van der Waals surface area contributed by atoms with E-state index in [0.29, 0.717) is 36.0 Å². The first-order valence-electron chi connectivity index (χ1n) is 10.5. The van der Waals surface area contributed by atoms with E-state index in [4.69, 9.17) is 30.5 Å². The maximum Gasteiger partial charge on any atom is 0.345 e. The van der Waals surface area contributed by atoms with Crippen molar-refractivity contribution in [1.29, 1.82) is 5.26 Å². The molecule has 1 amide bonds. The number of nitrogens with one attached hydrogen (secondary N) is 1. The number of esters is 1. The van der Waals surface area contributed by atoms with Crippen molar-refractivity contribution < 1.29 is 28.5 Å². The monoisotopic (exact) mass is 490 g/mol. The number of anilines is 1. The first-order chi connectivity index (χ1) is 17.0. The second-order valence-electron chi connectivity index (χ2n) is 7.26. The van der Waals surface area contributed by atoms with Crippen LogP contribution in [0.1, 0.15) is 15.9 Å². The summed E-state index contributed by atoms with van der Waals surface area (Å²) in [4.78, 5) is 25.2. The van der Waals surface area contributed by atoms with Gasteiger partial charge in [0.15, 0.2) is 23.0 Å². The van der Waals surface area contributed by atoms with E-state index in [0.717, 1.165) is 0 Å². The number of methoxy groups -OCH3 is 1. The van der Waals surface area contributed by atoms with Crippen LogP contribution in [-0.2, 0) is 4.79 Å². The smallest absolute Gasteiger partial charge is 0.345 e. The number of rotatable bonds is 6. The van der Waals surface area contributed by atoms with Gasteiger partial charge in [0.2, 0.25) is 0 Å². The molecule has 0 saturated heterocycles. The van der Waals surface area contributed by atoms with Crippen LogP contribution in [0, 0.1) is 11.3 Å². The van der Waals surface area contributed by atoms with Crippen LogP contribution in [0.5, 0.6) is 23.0 Å². The quantitative estimate of drug-likeness (QED) is 0.227. The predicted octanol–water partition coefficient (Wildman–Crippen LogP) is 4.88. The zero-order valence-electron chi connectivity index (χ0n) is 18.5. The van der Waals surface area contributed by atoms with E-state index in [1.165, 1.54) is 19.3 Å². The first-order valence-corrected chi connectivity index (χ1v) is 10.8. The molecule has 1 N–H and O–H groups in total. The molecule has 0 radical (unpaired) electrons. The van der Waals surface area contributed by atoms with Crippen LogP contribution in [0.3, 0.4) is 0 Å². The van der Waals surface area contributed by atoms with Crippen molar-refractivity contribution in [2.45, 2.75) is 0 Å². The molecule has 1 aliphatic rings. The number of carbonyl (C=O) groups is 2. The number of halogens is 1. The molecule has 0 spiro atoms. The minimum absolute atomic E-state index is 0.136. The summed E-state index contributed by atoms with van der Waals surface area (Å²) in [6.07, 6.45) is 1.40. The summed E-state index contributed by atoms with van der Waals surface area (Å²) in [5.74, 6) is 0.263. The minimum Gasteiger partial charge on any atom is -0.493 e. The van der Waals surface area contributed by atoms with E-state index in [1.807, 2.05) is 6.07 Å². The number of hydrogen-bond acceptors (Lipinski definition) is 7. The number of benzene rings is 3. The highest BCUT2D eigenvalue weighted by Crippen LogP contribution is 2.33. The Morgan fingerprint density at radius 1 is 1.03 bits per heavy atom. The van der Waals surface area contributed by atoms with Crippen molar-refractivity contribution >= 4 is 35.2 Å². The van der Waals surface area contributed by atoms with Gasteiger partial charge in [0, 0.05) is 11.8 Å². The molecule has 176 valence electrons. The van der Waals surface area contributed by atoms with Gasteiger partial charge in [0.1, 0.15) is 24.9 Å². The van der Waals surface area contributed by atoms with E-state index in [9.17, 15) is 14.9 Å². The van der Waals surface area contributed by atoms with Crippen LogP contribution < -0.4 is 24.3 Å². The molecule has 0 aliphatic carbocycles. The van der Waals surface area contributed by atoms with Gasteiger partial charge in [-0.25, -0.2) is 4.79 Å². The zero-order valence-corrected chi connectivity index (χ0v) is 19.3. The van der Waals surface area contributed by atoms with Crippen molar-refractivity contribution in [2.75, 3.05) is 25.6 Å². The van der Waals surface area contributed by atoms with Crippen molar-refractivity contribution in [3.63, 3.8) is 0 Å². The van der Waals surface area contributed by atoms with Gasteiger partial charge < -0.3 is 24.3 Å². The third kappa shape index (κ3) is 5.54. The van der Waals surface area contributed by atoms with Crippen LogP contribution >= 0.6 is 11.6 Å². The van der Waals surface area contributed by atoms with Gasteiger partial charge >= 0.3 is 5.97 Å². The lowest BCUT2D eigenvalue weighted by Crippen LogP contribution is -2.17. The number of hydrogen-bond donors (Lipinski definition) is 1. The molecule has 0 atom stereocenters. The van der Waals surface area contributed by atoms with Gasteiger partial charge in [-0.2, -0.15) is 5.26 Å². The largest absolute Gasteiger partial charge is 0.493 e. The molecule has 0 unspecified atom stereocenters. The Morgan fingerprint density at radius 2 is 1.80 bits per heavy atom. The summed E-state index contributed by atoms with van der Waals surface area (Å²) >= 11 is 6.06. The van der Waals surface area contributed by atoms with Crippen LogP contribution in [0.15, 0.2) is 66.2 Å². The predicted molar refractivity (Wildman–Crippen MR) is 129 cm³/mol. The molecular weight excluding hydrogens is 472 g/mol. The van der Waals surface area contributed by atoms with Crippen LogP contribution in [0.25, 0.3) is 6.08 Å². The van der Waals surface area contributed by atoms with Crippen molar-refractivity contribution in [1.82, 2.24) is 0 Å². The molecule has 1 aliphatic heterocycles. The standard InChI is InChI=1S/C26H19ClN2O6/c1-32-23-13-16(6-8-22(23)35-26(31)19-4-2-3-5-20(19)27)12-17(15-28)25(30)29-18-7-9-21-24(14-18)34-11-10-33-21/h2-9,12-14H,10-11H2,1H3,(H,29,30)/b17-12+. The Kier molecular flexibility index (Phi) is 7.19. The Morgan fingerprint density at radius 3 is 2.54 bits per heavy atom. The van der Waals surface area contributed by atoms with E-state index in [2.05, 4.69) is 5.32 Å². The molecule has 0 bridgehead atoms. The number of ether oxygens (including phenoxy) is 4. The minimum atomic E-state index is -0.645. The highest BCUT2D eigenvalue weighted by atomic mass is 35.5. The van der Waals surface area contributed by atoms with Crippen LogP contribution in [-0.4, -0.2) is 32.2 Å². The van der Waals surface area contributed by atoms with Crippen molar-refractivity contribution in [2.24, 2.45) is 0 Å². The van der Waals surface area contributed by atoms with E-state index in [-0.39, 0.29) is 27.7 Å². The third-order valence-corrected chi connectivity index (χ3v) is 5.29. The average Bonchev–Trinajstić information content (AvgIpc) is 2.88. The Bertz CT molecular complexity index is 1360. The summed E-state index contributed by atoms with van der Waals surface area (Å²) in [5, 5.41) is 12.5. The van der Waals surface area contributed by atoms with Gasteiger partial charge in [-0.15, -0.1) is 0 Å². The maximum atomic E-state index is 12.7. The maximum absolute atomic E-state index is 12.7. The molecule has 3 aromatic rings. The number of fused-ring (bicyclic) bond motifs is 1. The van der Waals surface area contributed by atoms with Gasteiger partial charge in [0.05, 0.1) is 17.7 Å². The number of nitriles is 1. The molecule has 3 aromatic carbocycles. The molecule has 0 saturated carbocycles. The van der Waals surface area contributed by atoms with Gasteiger partial charge in [0.25, 0.3) is 5.91 Å². The Labute approximate surface area is 206 Å². The Hall–Kier alpha value is -4.48. The summed E-state index contributed by atoms with van der Waals surface area (Å²) < 4.78 is 21.7.